The predicted molar refractivity (Wildman–Crippen MR) is 62.0 cm³/mol. The molecule has 1 saturated heterocycles. The van der Waals surface area contributed by atoms with Crippen LogP contribution in [-0.4, -0.2) is 37.5 Å². The minimum absolute atomic E-state index is 0.0144. The number of nitrogens with one attached hydrogen (secondary N) is 3. The van der Waals surface area contributed by atoms with Gasteiger partial charge in [0.2, 0.25) is 11.8 Å². The van der Waals surface area contributed by atoms with Crippen molar-refractivity contribution in [3.8, 4) is 0 Å². The second-order valence-corrected chi connectivity index (χ2v) is 4.00. The van der Waals surface area contributed by atoms with Crippen LogP contribution in [0.1, 0.15) is 32.6 Å². The lowest BCUT2D eigenvalue weighted by Crippen LogP contribution is -2.47. The summed E-state index contributed by atoms with van der Waals surface area (Å²) < 4.78 is 0. The fourth-order valence-corrected chi connectivity index (χ4v) is 1.78. The summed E-state index contributed by atoms with van der Waals surface area (Å²) >= 11 is 0. The maximum Gasteiger partial charge on any atom is 0.237 e. The fourth-order valence-electron chi connectivity index (χ4n) is 1.78. The number of rotatable bonds is 5. The van der Waals surface area contributed by atoms with Crippen LogP contribution in [0, 0.1) is 0 Å². The average molecular weight is 227 g/mol. The van der Waals surface area contributed by atoms with Gasteiger partial charge in [0, 0.05) is 19.5 Å². The quantitative estimate of drug-likeness (QED) is 0.607. The minimum Gasteiger partial charge on any atom is -0.356 e. The van der Waals surface area contributed by atoms with E-state index in [1.54, 1.807) is 0 Å². The van der Waals surface area contributed by atoms with Crippen molar-refractivity contribution >= 4 is 11.8 Å². The summed E-state index contributed by atoms with van der Waals surface area (Å²) in [5.74, 6) is 0.00315. The Kier molecular flexibility index (Phi) is 5.85. The van der Waals surface area contributed by atoms with Gasteiger partial charge in [0.1, 0.15) is 0 Å². The third-order valence-corrected chi connectivity index (χ3v) is 2.65. The summed E-state index contributed by atoms with van der Waals surface area (Å²) in [6.45, 7) is 3.84. The van der Waals surface area contributed by atoms with Crippen LogP contribution in [0.5, 0.6) is 0 Å². The number of hydrogen-bond donors (Lipinski definition) is 3. The van der Waals surface area contributed by atoms with Gasteiger partial charge >= 0.3 is 0 Å². The Morgan fingerprint density at radius 3 is 2.75 bits per heavy atom. The van der Waals surface area contributed by atoms with Crippen molar-refractivity contribution in [1.82, 2.24) is 16.0 Å². The van der Waals surface area contributed by atoms with Crippen LogP contribution in [0.4, 0.5) is 0 Å². The Labute approximate surface area is 96.4 Å². The SMILES string of the molecule is CCNC(=O)CCNC(=O)C1CCCCN1. The number of piperidine rings is 1. The largest absolute Gasteiger partial charge is 0.356 e. The van der Waals surface area contributed by atoms with E-state index in [1.807, 2.05) is 6.92 Å². The van der Waals surface area contributed by atoms with E-state index in [-0.39, 0.29) is 17.9 Å². The molecule has 0 bridgehead atoms. The van der Waals surface area contributed by atoms with Gasteiger partial charge in [-0.2, -0.15) is 0 Å². The molecule has 1 rings (SSSR count). The van der Waals surface area contributed by atoms with Gasteiger partial charge in [-0.1, -0.05) is 6.42 Å². The van der Waals surface area contributed by atoms with Crippen LogP contribution in [0.2, 0.25) is 0 Å². The lowest BCUT2D eigenvalue weighted by molar-refractivity contribution is -0.124. The van der Waals surface area contributed by atoms with Crippen molar-refractivity contribution < 1.29 is 9.59 Å². The molecule has 0 saturated carbocycles. The highest BCUT2D eigenvalue weighted by atomic mass is 16.2. The molecule has 92 valence electrons. The maximum atomic E-state index is 11.6. The van der Waals surface area contributed by atoms with E-state index < -0.39 is 0 Å². The van der Waals surface area contributed by atoms with E-state index in [1.165, 1.54) is 0 Å². The van der Waals surface area contributed by atoms with Crippen LogP contribution in [0.3, 0.4) is 0 Å². The summed E-state index contributed by atoms with van der Waals surface area (Å²) in [6, 6.07) is -0.0667. The van der Waals surface area contributed by atoms with E-state index in [2.05, 4.69) is 16.0 Å². The van der Waals surface area contributed by atoms with Gasteiger partial charge in [0.05, 0.1) is 6.04 Å². The average Bonchev–Trinajstić information content (AvgIpc) is 2.30. The van der Waals surface area contributed by atoms with Crippen LogP contribution in [0.15, 0.2) is 0 Å². The molecule has 1 aliphatic heterocycles. The molecule has 0 aliphatic carbocycles. The Morgan fingerprint density at radius 1 is 1.31 bits per heavy atom. The Bertz CT molecular complexity index is 237. The second-order valence-electron chi connectivity index (χ2n) is 4.00. The molecule has 1 fully saturated rings. The standard InChI is InChI=1S/C11H21N3O2/c1-2-12-10(15)6-8-14-11(16)9-5-3-4-7-13-9/h9,13H,2-8H2,1H3,(H,12,15)(H,14,16). The molecule has 2 amide bonds. The first-order chi connectivity index (χ1) is 7.74. The molecular formula is C11H21N3O2. The van der Waals surface area contributed by atoms with Crippen molar-refractivity contribution in [1.29, 1.82) is 0 Å². The van der Waals surface area contributed by atoms with Crippen molar-refractivity contribution in [2.24, 2.45) is 0 Å². The number of amides is 2. The molecule has 0 aromatic rings. The van der Waals surface area contributed by atoms with E-state index in [0.29, 0.717) is 19.5 Å². The molecule has 5 heteroatoms. The topological polar surface area (TPSA) is 70.2 Å². The first-order valence-electron chi connectivity index (χ1n) is 6.02. The van der Waals surface area contributed by atoms with Crippen molar-refractivity contribution in [2.75, 3.05) is 19.6 Å². The molecule has 1 aliphatic rings. The zero-order valence-electron chi connectivity index (χ0n) is 9.84. The third-order valence-electron chi connectivity index (χ3n) is 2.65. The van der Waals surface area contributed by atoms with Gasteiger partial charge in [-0.25, -0.2) is 0 Å². The highest BCUT2D eigenvalue weighted by Crippen LogP contribution is 2.06. The van der Waals surface area contributed by atoms with Gasteiger partial charge in [-0.3, -0.25) is 9.59 Å². The zero-order valence-corrected chi connectivity index (χ0v) is 9.84. The first kappa shape index (κ1) is 13.0. The van der Waals surface area contributed by atoms with E-state index in [9.17, 15) is 9.59 Å². The maximum absolute atomic E-state index is 11.6. The summed E-state index contributed by atoms with van der Waals surface area (Å²) in [7, 11) is 0. The van der Waals surface area contributed by atoms with Crippen molar-refractivity contribution in [2.45, 2.75) is 38.6 Å². The van der Waals surface area contributed by atoms with E-state index in [0.717, 1.165) is 25.8 Å². The lowest BCUT2D eigenvalue weighted by atomic mass is 10.0. The fraction of sp³-hybridized carbons (Fsp3) is 0.818. The minimum atomic E-state index is -0.0667. The molecule has 1 unspecified atom stereocenters. The molecule has 1 heterocycles. The molecule has 0 spiro atoms. The molecular weight excluding hydrogens is 206 g/mol. The van der Waals surface area contributed by atoms with Crippen molar-refractivity contribution in [3.05, 3.63) is 0 Å². The number of hydrogen-bond acceptors (Lipinski definition) is 3. The van der Waals surface area contributed by atoms with Gasteiger partial charge < -0.3 is 16.0 Å². The zero-order chi connectivity index (χ0) is 11.8. The Balaban J connectivity index is 2.12. The van der Waals surface area contributed by atoms with Gasteiger partial charge in [-0.05, 0) is 26.3 Å². The summed E-state index contributed by atoms with van der Waals surface area (Å²) in [6.07, 6.45) is 3.49. The molecule has 5 nitrogen and oxygen atoms in total. The first-order valence-corrected chi connectivity index (χ1v) is 6.02. The van der Waals surface area contributed by atoms with Gasteiger partial charge in [0.15, 0.2) is 0 Å². The lowest BCUT2D eigenvalue weighted by Gasteiger charge is -2.22. The molecule has 1 atom stereocenters. The normalized spacial score (nSPS) is 20.2. The second kappa shape index (κ2) is 7.22. The summed E-state index contributed by atoms with van der Waals surface area (Å²) in [5.41, 5.74) is 0. The van der Waals surface area contributed by atoms with Gasteiger partial charge in [-0.15, -0.1) is 0 Å². The van der Waals surface area contributed by atoms with Crippen LogP contribution in [0.25, 0.3) is 0 Å². The molecule has 0 aromatic carbocycles. The molecule has 0 radical (unpaired) electrons. The molecule has 16 heavy (non-hydrogen) atoms. The summed E-state index contributed by atoms with van der Waals surface area (Å²) in [4.78, 5) is 22.8. The van der Waals surface area contributed by atoms with Gasteiger partial charge in [0.25, 0.3) is 0 Å². The highest BCUT2D eigenvalue weighted by molar-refractivity contribution is 5.82. The predicted octanol–water partition coefficient (Wildman–Crippen LogP) is -0.229. The van der Waals surface area contributed by atoms with Crippen LogP contribution in [-0.2, 0) is 9.59 Å². The van der Waals surface area contributed by atoms with E-state index in [4.69, 9.17) is 0 Å². The van der Waals surface area contributed by atoms with Crippen LogP contribution < -0.4 is 16.0 Å². The third kappa shape index (κ3) is 4.61. The van der Waals surface area contributed by atoms with E-state index >= 15 is 0 Å². The number of carbonyl (C=O) groups is 2. The Hall–Kier alpha value is -1.10. The van der Waals surface area contributed by atoms with Crippen molar-refractivity contribution in [3.63, 3.8) is 0 Å². The smallest absolute Gasteiger partial charge is 0.237 e. The molecule has 0 aromatic heterocycles. The monoisotopic (exact) mass is 227 g/mol. The van der Waals surface area contributed by atoms with Crippen LogP contribution >= 0.6 is 0 Å². The highest BCUT2D eigenvalue weighted by Gasteiger charge is 2.19. The number of carbonyl (C=O) groups excluding carboxylic acids is 2. The Morgan fingerprint density at radius 2 is 2.12 bits per heavy atom. The molecule has 3 N–H and O–H groups in total. The summed E-state index contributed by atoms with van der Waals surface area (Å²) in [5, 5.41) is 8.64.